The number of ether oxygens (including phenoxy) is 3. The first-order chi connectivity index (χ1) is 19.9. The fraction of sp³-hybridized carbons (Fsp3) is 0.161. The van der Waals surface area contributed by atoms with Crippen molar-refractivity contribution in [2.24, 2.45) is 0 Å². The number of carboxylic acids is 1. The summed E-state index contributed by atoms with van der Waals surface area (Å²) in [6.07, 6.45) is 5.55. The molecule has 1 aliphatic rings. The summed E-state index contributed by atoms with van der Waals surface area (Å²) in [5.74, 6) is -2.49. The van der Waals surface area contributed by atoms with Crippen molar-refractivity contribution in [3.8, 4) is 11.5 Å². The first-order valence-electron chi connectivity index (χ1n) is 12.8. The second-order valence-corrected chi connectivity index (χ2v) is 9.21. The van der Waals surface area contributed by atoms with Gasteiger partial charge in [0.2, 0.25) is 0 Å². The van der Waals surface area contributed by atoms with E-state index in [1.807, 2.05) is 60.7 Å². The molecule has 0 saturated carbocycles. The average molecular weight is 555 g/mol. The van der Waals surface area contributed by atoms with Crippen LogP contribution in [0, 0.1) is 0 Å². The number of hydrogen-bond donors (Lipinski definition) is 2. The monoisotopic (exact) mass is 554 g/mol. The molecule has 208 valence electrons. The maximum Gasteiger partial charge on any atom is 0.343 e. The first kappa shape index (κ1) is 27.2. The Hall–Kier alpha value is -5.38. The Morgan fingerprint density at radius 2 is 1.46 bits per heavy atom. The van der Waals surface area contributed by atoms with Gasteiger partial charge in [-0.3, -0.25) is 14.3 Å². The van der Waals surface area contributed by atoms with E-state index in [-0.39, 0.29) is 30.2 Å². The molecule has 0 spiro atoms. The van der Waals surface area contributed by atoms with E-state index >= 15 is 0 Å². The zero-order valence-corrected chi connectivity index (χ0v) is 22.0. The van der Waals surface area contributed by atoms with Gasteiger partial charge in [0.05, 0.1) is 13.7 Å². The number of nitrogens with zero attached hydrogens (tertiary/aromatic N) is 1. The summed E-state index contributed by atoms with van der Waals surface area (Å²) in [6, 6.07) is 19.9. The van der Waals surface area contributed by atoms with Crippen LogP contribution in [0.4, 0.5) is 0 Å². The van der Waals surface area contributed by atoms with Crippen molar-refractivity contribution < 1.29 is 28.9 Å². The maximum atomic E-state index is 13.2. The van der Waals surface area contributed by atoms with Gasteiger partial charge >= 0.3 is 17.6 Å². The van der Waals surface area contributed by atoms with Gasteiger partial charge in [-0.1, -0.05) is 66.7 Å². The summed E-state index contributed by atoms with van der Waals surface area (Å²) in [5.41, 5.74) is 2.78. The molecular weight excluding hydrogens is 528 g/mol. The Balaban J connectivity index is 1.44. The molecule has 0 aliphatic heterocycles. The van der Waals surface area contributed by atoms with Crippen LogP contribution in [0.3, 0.4) is 0 Å². The number of aromatic nitrogens is 2. The number of carbonyl (C=O) groups is 2. The van der Waals surface area contributed by atoms with Gasteiger partial charge in [-0.05, 0) is 34.4 Å². The number of hydrogen-bond acceptors (Lipinski definition) is 7. The minimum Gasteiger partial charge on any atom is -0.491 e. The lowest BCUT2D eigenvalue weighted by atomic mass is 9.83. The van der Waals surface area contributed by atoms with Gasteiger partial charge in [0, 0.05) is 17.7 Å². The van der Waals surface area contributed by atoms with Crippen LogP contribution in [0.25, 0.3) is 12.2 Å². The maximum absolute atomic E-state index is 13.2. The molecule has 41 heavy (non-hydrogen) atoms. The molecule has 10 heteroatoms. The Labute approximate surface area is 234 Å². The number of aromatic amines is 1. The van der Waals surface area contributed by atoms with Gasteiger partial charge in [-0.2, -0.15) is 0 Å². The molecule has 0 fully saturated rings. The number of fused-ring (bicyclic) bond motifs is 2. The van der Waals surface area contributed by atoms with E-state index in [9.17, 15) is 24.3 Å². The Morgan fingerprint density at radius 3 is 2.07 bits per heavy atom. The molecule has 0 radical (unpaired) electrons. The highest BCUT2D eigenvalue weighted by molar-refractivity contribution is 5.94. The van der Waals surface area contributed by atoms with Crippen LogP contribution >= 0.6 is 0 Å². The van der Waals surface area contributed by atoms with Gasteiger partial charge in [0.25, 0.3) is 5.56 Å². The number of rotatable bonds is 9. The van der Waals surface area contributed by atoms with Gasteiger partial charge < -0.3 is 19.3 Å². The number of esters is 1. The largest absolute Gasteiger partial charge is 0.491 e. The lowest BCUT2D eigenvalue weighted by molar-refractivity contribution is -0.142. The van der Waals surface area contributed by atoms with Crippen molar-refractivity contribution in [2.75, 3.05) is 20.3 Å². The van der Waals surface area contributed by atoms with Gasteiger partial charge in [0.15, 0.2) is 6.61 Å². The minimum atomic E-state index is -1.32. The third-order valence-corrected chi connectivity index (χ3v) is 6.77. The molecule has 1 aromatic heterocycles. The predicted molar refractivity (Wildman–Crippen MR) is 150 cm³/mol. The number of methoxy groups -OCH3 is 1. The normalized spacial score (nSPS) is 12.1. The lowest BCUT2D eigenvalue weighted by Crippen LogP contribution is -2.34. The molecule has 1 aliphatic carbocycles. The van der Waals surface area contributed by atoms with Gasteiger partial charge in [-0.15, -0.1) is 0 Å². The Bertz CT molecular complexity index is 1720. The van der Waals surface area contributed by atoms with Crippen molar-refractivity contribution >= 4 is 24.1 Å². The fourth-order valence-electron chi connectivity index (χ4n) is 4.84. The summed E-state index contributed by atoms with van der Waals surface area (Å²) < 4.78 is 16.9. The second-order valence-electron chi connectivity index (χ2n) is 9.21. The first-order valence-corrected chi connectivity index (χ1v) is 12.8. The lowest BCUT2D eigenvalue weighted by Gasteiger charge is -2.21. The quantitative estimate of drug-likeness (QED) is 0.264. The van der Waals surface area contributed by atoms with Crippen LogP contribution < -0.4 is 20.7 Å². The zero-order chi connectivity index (χ0) is 28.9. The minimum absolute atomic E-state index is 0.00439. The van der Waals surface area contributed by atoms with Crippen LogP contribution in [-0.2, 0) is 16.1 Å². The summed E-state index contributed by atoms with van der Waals surface area (Å²) in [4.78, 5) is 51.8. The van der Waals surface area contributed by atoms with Crippen LogP contribution in [0.2, 0.25) is 0 Å². The fourth-order valence-corrected chi connectivity index (χ4v) is 4.84. The standard InChI is InChI=1S/C31H26N2O8/c1-39-26(34)18-41-25-12-6-11-24(28(25)30(36)37)40-16-15-33-17-23(29(35)32-31(33)38)27-21-9-4-2-7-19(21)13-14-20-8-3-5-10-22(20)27/h2-14,17,27H,15-16,18H2,1H3,(H,36,37)(H,32,35,38). The van der Waals surface area contributed by atoms with E-state index in [2.05, 4.69) is 9.72 Å². The zero-order valence-electron chi connectivity index (χ0n) is 22.0. The van der Waals surface area contributed by atoms with Crippen molar-refractivity contribution in [1.29, 1.82) is 0 Å². The van der Waals surface area contributed by atoms with Crippen molar-refractivity contribution in [2.45, 2.75) is 12.5 Å². The van der Waals surface area contributed by atoms with Crippen LogP contribution in [0.1, 0.15) is 44.1 Å². The highest BCUT2D eigenvalue weighted by atomic mass is 16.6. The number of benzene rings is 3. The van der Waals surface area contributed by atoms with Gasteiger partial charge in [0.1, 0.15) is 23.7 Å². The summed E-state index contributed by atoms with van der Waals surface area (Å²) in [7, 11) is 1.19. The van der Waals surface area contributed by atoms with E-state index < -0.39 is 35.7 Å². The van der Waals surface area contributed by atoms with Crippen molar-refractivity contribution in [3.05, 3.63) is 127 Å². The Morgan fingerprint density at radius 1 is 0.854 bits per heavy atom. The number of H-pyrrole nitrogens is 1. The van der Waals surface area contributed by atoms with Gasteiger partial charge in [-0.25, -0.2) is 14.4 Å². The molecule has 3 aromatic carbocycles. The van der Waals surface area contributed by atoms with Crippen LogP contribution in [0.15, 0.2) is 82.5 Å². The van der Waals surface area contributed by atoms with Crippen molar-refractivity contribution in [1.82, 2.24) is 9.55 Å². The topological polar surface area (TPSA) is 137 Å². The number of carbonyl (C=O) groups excluding carboxylic acids is 1. The molecule has 4 aromatic rings. The highest BCUT2D eigenvalue weighted by Crippen LogP contribution is 2.37. The molecule has 0 atom stereocenters. The van der Waals surface area contributed by atoms with E-state index in [1.165, 1.54) is 36.1 Å². The predicted octanol–water partition coefficient (Wildman–Crippen LogP) is 3.53. The number of aromatic carboxylic acids is 1. The summed E-state index contributed by atoms with van der Waals surface area (Å²) in [6.45, 7) is -0.548. The molecule has 0 bridgehead atoms. The molecule has 2 N–H and O–H groups in total. The average Bonchev–Trinajstić information content (AvgIpc) is 3.14. The summed E-state index contributed by atoms with van der Waals surface area (Å²) >= 11 is 0. The van der Waals surface area contributed by atoms with Crippen LogP contribution in [0.5, 0.6) is 11.5 Å². The molecule has 0 amide bonds. The van der Waals surface area contributed by atoms with E-state index in [0.717, 1.165) is 22.3 Å². The number of nitrogens with one attached hydrogen (secondary N) is 1. The molecule has 0 saturated heterocycles. The van der Waals surface area contributed by atoms with Crippen LogP contribution in [-0.4, -0.2) is 46.9 Å². The molecule has 10 nitrogen and oxygen atoms in total. The second kappa shape index (κ2) is 11.8. The highest BCUT2D eigenvalue weighted by Gasteiger charge is 2.26. The molecule has 5 rings (SSSR count). The smallest absolute Gasteiger partial charge is 0.343 e. The SMILES string of the molecule is COC(=O)COc1cccc(OCCn2cc(C3c4ccccc4C=Cc4ccccc43)c(=O)[nH]c2=O)c1C(=O)O. The molecule has 0 unspecified atom stereocenters. The van der Waals surface area contributed by atoms with E-state index in [0.29, 0.717) is 5.56 Å². The Kier molecular flexibility index (Phi) is 7.82. The van der Waals surface area contributed by atoms with E-state index in [4.69, 9.17) is 9.47 Å². The van der Waals surface area contributed by atoms with E-state index in [1.54, 1.807) is 0 Å². The third kappa shape index (κ3) is 5.67. The summed E-state index contributed by atoms with van der Waals surface area (Å²) in [5, 5.41) is 9.75. The number of carboxylic acid groups (broad SMARTS) is 1. The third-order valence-electron chi connectivity index (χ3n) is 6.77. The molecular formula is C31H26N2O8. The van der Waals surface area contributed by atoms with Crippen molar-refractivity contribution in [3.63, 3.8) is 0 Å². The molecule has 1 heterocycles.